The lowest BCUT2D eigenvalue weighted by atomic mass is 10.3. The van der Waals surface area contributed by atoms with E-state index in [-0.39, 0.29) is 18.5 Å². The van der Waals surface area contributed by atoms with Gasteiger partial charge in [0.2, 0.25) is 0 Å². The molecular formula is C14H28O4. The largest absolute Gasteiger partial charge is 0.463 e. The van der Waals surface area contributed by atoms with E-state index in [4.69, 9.17) is 14.2 Å². The molecule has 0 aliphatic heterocycles. The van der Waals surface area contributed by atoms with E-state index in [9.17, 15) is 4.79 Å². The Morgan fingerprint density at radius 3 is 1.89 bits per heavy atom. The molecule has 108 valence electrons. The number of hydrogen-bond acceptors (Lipinski definition) is 4. The monoisotopic (exact) mass is 260 g/mol. The van der Waals surface area contributed by atoms with Crippen molar-refractivity contribution in [2.24, 2.45) is 0 Å². The van der Waals surface area contributed by atoms with Crippen LogP contribution < -0.4 is 0 Å². The number of carbonyl (C=O) groups is 1. The molecule has 0 saturated heterocycles. The molecule has 0 saturated carbocycles. The molecule has 0 bridgehead atoms. The Kier molecular flexibility index (Phi) is 11.1. The maximum Gasteiger partial charge on any atom is 0.311 e. The lowest BCUT2D eigenvalue weighted by Gasteiger charge is -2.18. The van der Waals surface area contributed by atoms with Crippen LogP contribution in [0.25, 0.3) is 0 Å². The average Bonchev–Trinajstić information content (AvgIpc) is 2.28. The van der Waals surface area contributed by atoms with Crippen LogP contribution in [0.1, 0.15) is 59.8 Å². The zero-order valence-corrected chi connectivity index (χ0v) is 12.2. The van der Waals surface area contributed by atoms with Crippen molar-refractivity contribution in [2.45, 2.75) is 72.2 Å². The van der Waals surface area contributed by atoms with E-state index >= 15 is 0 Å². The molecule has 0 fully saturated rings. The van der Waals surface area contributed by atoms with Crippen LogP contribution in [0.4, 0.5) is 0 Å². The summed E-state index contributed by atoms with van der Waals surface area (Å²) in [6.07, 6.45) is 3.71. The van der Waals surface area contributed by atoms with Crippen molar-refractivity contribution >= 4 is 5.97 Å². The first kappa shape index (κ1) is 17.4. The van der Waals surface area contributed by atoms with Crippen molar-refractivity contribution in [1.29, 1.82) is 0 Å². The summed E-state index contributed by atoms with van der Waals surface area (Å²) in [4.78, 5) is 11.5. The lowest BCUT2D eigenvalue weighted by molar-refractivity contribution is -0.174. The van der Waals surface area contributed by atoms with Crippen molar-refractivity contribution in [3.63, 3.8) is 0 Å². The van der Waals surface area contributed by atoms with E-state index in [0.29, 0.717) is 13.2 Å². The molecule has 0 amide bonds. The molecule has 0 aromatic heterocycles. The number of carbonyl (C=O) groups excluding carboxylic acids is 1. The fourth-order valence-corrected chi connectivity index (χ4v) is 1.33. The average molecular weight is 260 g/mol. The van der Waals surface area contributed by atoms with Crippen molar-refractivity contribution in [3.05, 3.63) is 0 Å². The maximum absolute atomic E-state index is 11.5. The lowest BCUT2D eigenvalue weighted by Crippen LogP contribution is -2.25. The van der Waals surface area contributed by atoms with Gasteiger partial charge in [-0.2, -0.15) is 0 Å². The van der Waals surface area contributed by atoms with Crippen LogP contribution in [0, 0.1) is 0 Å². The number of ether oxygens (including phenoxy) is 3. The van der Waals surface area contributed by atoms with Crippen LogP contribution in [0.2, 0.25) is 0 Å². The fourth-order valence-electron chi connectivity index (χ4n) is 1.33. The molecule has 0 aromatic rings. The maximum atomic E-state index is 11.5. The minimum atomic E-state index is -0.464. The minimum absolute atomic E-state index is 0.0931. The van der Waals surface area contributed by atoms with Crippen LogP contribution in [0.3, 0.4) is 0 Å². The van der Waals surface area contributed by atoms with Gasteiger partial charge < -0.3 is 14.2 Å². The van der Waals surface area contributed by atoms with Crippen LogP contribution in [-0.4, -0.2) is 31.6 Å². The predicted molar refractivity (Wildman–Crippen MR) is 71.4 cm³/mol. The Labute approximate surface area is 111 Å². The summed E-state index contributed by atoms with van der Waals surface area (Å²) in [5, 5.41) is 0. The van der Waals surface area contributed by atoms with Crippen LogP contribution >= 0.6 is 0 Å². The molecular weight excluding hydrogens is 232 g/mol. The summed E-state index contributed by atoms with van der Waals surface area (Å²) >= 11 is 0. The van der Waals surface area contributed by atoms with Crippen molar-refractivity contribution < 1.29 is 19.0 Å². The Hall–Kier alpha value is -0.610. The topological polar surface area (TPSA) is 44.8 Å². The number of unbranched alkanes of at least 4 members (excludes halogenated alkanes) is 2. The highest BCUT2D eigenvalue weighted by Gasteiger charge is 2.16. The van der Waals surface area contributed by atoms with Crippen molar-refractivity contribution in [1.82, 2.24) is 0 Å². The third kappa shape index (κ3) is 10.5. The van der Waals surface area contributed by atoms with Gasteiger partial charge in [-0.15, -0.1) is 0 Å². The highest BCUT2D eigenvalue weighted by Crippen LogP contribution is 2.07. The van der Waals surface area contributed by atoms with E-state index in [1.54, 1.807) is 0 Å². The molecule has 18 heavy (non-hydrogen) atoms. The normalized spacial score (nSPS) is 11.2. The number of rotatable bonds is 11. The van der Waals surface area contributed by atoms with E-state index < -0.39 is 6.29 Å². The fraction of sp³-hybridized carbons (Fsp3) is 0.929. The van der Waals surface area contributed by atoms with Gasteiger partial charge in [0.15, 0.2) is 6.29 Å². The summed E-state index contributed by atoms with van der Waals surface area (Å²) in [5.41, 5.74) is 0. The molecule has 4 nitrogen and oxygen atoms in total. The molecule has 0 heterocycles. The Balaban J connectivity index is 3.97. The second-order valence-corrected chi connectivity index (χ2v) is 4.62. The summed E-state index contributed by atoms with van der Waals surface area (Å²) < 4.78 is 16.2. The molecule has 0 aromatic carbocycles. The molecule has 0 unspecified atom stereocenters. The highest BCUT2D eigenvalue weighted by atomic mass is 16.7. The van der Waals surface area contributed by atoms with Gasteiger partial charge in [-0.3, -0.25) is 4.79 Å². The van der Waals surface area contributed by atoms with E-state index in [1.165, 1.54) is 0 Å². The Morgan fingerprint density at radius 1 is 1.00 bits per heavy atom. The van der Waals surface area contributed by atoms with Gasteiger partial charge in [0.05, 0.1) is 12.5 Å². The Bertz CT molecular complexity index is 194. The zero-order valence-electron chi connectivity index (χ0n) is 12.2. The smallest absolute Gasteiger partial charge is 0.311 e. The minimum Gasteiger partial charge on any atom is -0.463 e. The van der Waals surface area contributed by atoms with Gasteiger partial charge in [0.25, 0.3) is 0 Å². The molecule has 0 aliphatic rings. The van der Waals surface area contributed by atoms with Crippen molar-refractivity contribution in [2.75, 3.05) is 13.2 Å². The highest BCUT2D eigenvalue weighted by molar-refractivity contribution is 5.69. The van der Waals surface area contributed by atoms with Crippen LogP contribution in [-0.2, 0) is 19.0 Å². The van der Waals surface area contributed by atoms with Gasteiger partial charge in [-0.25, -0.2) is 0 Å². The second-order valence-electron chi connectivity index (χ2n) is 4.62. The standard InChI is InChI=1S/C14H28O4/c1-5-7-9-16-14(17-10-8-6-2)11-13(15)18-12(3)4/h12,14H,5-11H2,1-4H3. The van der Waals surface area contributed by atoms with Gasteiger partial charge >= 0.3 is 5.97 Å². The molecule has 0 rings (SSSR count). The summed E-state index contributed by atoms with van der Waals surface area (Å²) in [6.45, 7) is 9.13. The summed E-state index contributed by atoms with van der Waals surface area (Å²) in [7, 11) is 0. The third-order valence-corrected chi connectivity index (χ3v) is 2.30. The molecule has 0 aliphatic carbocycles. The van der Waals surface area contributed by atoms with Gasteiger partial charge in [0.1, 0.15) is 0 Å². The first-order valence-corrected chi connectivity index (χ1v) is 7.02. The molecule has 0 spiro atoms. The summed E-state index contributed by atoms with van der Waals surface area (Å²) in [6, 6.07) is 0. The first-order chi connectivity index (χ1) is 8.60. The van der Waals surface area contributed by atoms with Gasteiger partial charge in [-0.1, -0.05) is 26.7 Å². The number of esters is 1. The third-order valence-electron chi connectivity index (χ3n) is 2.30. The van der Waals surface area contributed by atoms with E-state index in [1.807, 2.05) is 13.8 Å². The van der Waals surface area contributed by atoms with Crippen molar-refractivity contribution in [3.8, 4) is 0 Å². The molecule has 4 heteroatoms. The molecule has 0 atom stereocenters. The summed E-state index contributed by atoms with van der Waals surface area (Å²) in [5.74, 6) is -0.261. The predicted octanol–water partition coefficient (Wildman–Crippen LogP) is 3.29. The van der Waals surface area contributed by atoms with Crippen LogP contribution in [0.5, 0.6) is 0 Å². The quantitative estimate of drug-likeness (QED) is 0.325. The SMILES string of the molecule is CCCCOC(CC(=O)OC(C)C)OCCCC. The second kappa shape index (κ2) is 11.5. The van der Waals surface area contributed by atoms with Crippen LogP contribution in [0.15, 0.2) is 0 Å². The first-order valence-electron chi connectivity index (χ1n) is 7.02. The Morgan fingerprint density at radius 2 is 1.50 bits per heavy atom. The molecule has 0 N–H and O–H groups in total. The zero-order chi connectivity index (χ0) is 13.8. The van der Waals surface area contributed by atoms with Gasteiger partial charge in [-0.05, 0) is 26.7 Å². The molecule has 0 radical (unpaired) electrons. The van der Waals surface area contributed by atoms with E-state index in [0.717, 1.165) is 25.7 Å². The van der Waals surface area contributed by atoms with E-state index in [2.05, 4.69) is 13.8 Å². The number of hydrogen-bond donors (Lipinski definition) is 0. The van der Waals surface area contributed by atoms with Gasteiger partial charge in [0, 0.05) is 13.2 Å².